The monoisotopic (exact) mass is 352 g/mol. The number of piperazine rings is 1. The number of carbonyl (C=O) groups excluding carboxylic acids is 2. The lowest BCUT2D eigenvalue weighted by atomic mass is 10.1. The first-order valence-corrected chi connectivity index (χ1v) is 8.86. The van der Waals surface area contributed by atoms with Gasteiger partial charge < -0.3 is 10.2 Å². The van der Waals surface area contributed by atoms with E-state index in [0.29, 0.717) is 12.1 Å². The minimum absolute atomic E-state index is 0.0608. The van der Waals surface area contributed by atoms with Gasteiger partial charge in [0, 0.05) is 64.1 Å². The van der Waals surface area contributed by atoms with Gasteiger partial charge in [-0.3, -0.25) is 19.5 Å². The van der Waals surface area contributed by atoms with Crippen LogP contribution in [0.5, 0.6) is 0 Å². The number of amides is 2. The molecule has 2 aromatic rings. The highest BCUT2D eigenvalue weighted by Crippen LogP contribution is 2.12. The summed E-state index contributed by atoms with van der Waals surface area (Å²) in [6.45, 7) is 6.03. The third-order valence-corrected chi connectivity index (χ3v) is 4.53. The highest BCUT2D eigenvalue weighted by molar-refractivity contribution is 5.94. The molecule has 0 saturated carbocycles. The molecule has 26 heavy (non-hydrogen) atoms. The number of pyridine rings is 1. The number of rotatable bonds is 5. The zero-order chi connectivity index (χ0) is 18.4. The van der Waals surface area contributed by atoms with Crippen molar-refractivity contribution in [2.45, 2.75) is 20.0 Å². The van der Waals surface area contributed by atoms with Crippen molar-refractivity contribution in [2.75, 3.05) is 26.2 Å². The summed E-state index contributed by atoms with van der Waals surface area (Å²) in [7, 11) is 0. The fourth-order valence-electron chi connectivity index (χ4n) is 3.03. The summed E-state index contributed by atoms with van der Waals surface area (Å²) in [5, 5.41) is 2.75. The summed E-state index contributed by atoms with van der Waals surface area (Å²) >= 11 is 0. The SMILES string of the molecule is CC(=O)NCc1ccc(C(=O)N2CCN(Cc3cccnc3)CC2)cc1. The van der Waals surface area contributed by atoms with Crippen LogP contribution in [0.3, 0.4) is 0 Å². The number of carbonyl (C=O) groups is 2. The standard InChI is InChI=1S/C20H24N4O2/c1-16(25)22-14-17-4-6-19(7-5-17)20(26)24-11-9-23(10-12-24)15-18-3-2-8-21-13-18/h2-8,13H,9-12,14-15H2,1H3,(H,22,25). The van der Waals surface area contributed by atoms with E-state index in [1.165, 1.54) is 12.5 Å². The largest absolute Gasteiger partial charge is 0.352 e. The summed E-state index contributed by atoms with van der Waals surface area (Å²) < 4.78 is 0. The molecule has 1 aromatic carbocycles. The Morgan fingerprint density at radius 3 is 2.38 bits per heavy atom. The van der Waals surface area contributed by atoms with E-state index >= 15 is 0 Å². The molecule has 0 bridgehead atoms. The molecular formula is C20H24N4O2. The maximum atomic E-state index is 12.7. The summed E-state index contributed by atoms with van der Waals surface area (Å²) in [6.07, 6.45) is 3.67. The Balaban J connectivity index is 1.51. The van der Waals surface area contributed by atoms with Crippen LogP contribution in [-0.4, -0.2) is 52.8 Å². The Kier molecular flexibility index (Phi) is 5.96. The average Bonchev–Trinajstić information content (AvgIpc) is 2.68. The van der Waals surface area contributed by atoms with Crippen molar-refractivity contribution in [1.82, 2.24) is 20.1 Å². The highest BCUT2D eigenvalue weighted by atomic mass is 16.2. The molecule has 1 saturated heterocycles. The average molecular weight is 352 g/mol. The molecule has 1 aliphatic heterocycles. The maximum absolute atomic E-state index is 12.7. The molecule has 0 aliphatic carbocycles. The van der Waals surface area contributed by atoms with Crippen LogP contribution in [-0.2, 0) is 17.9 Å². The van der Waals surface area contributed by atoms with Crippen molar-refractivity contribution in [3.63, 3.8) is 0 Å². The zero-order valence-electron chi connectivity index (χ0n) is 15.0. The third kappa shape index (κ3) is 4.89. The van der Waals surface area contributed by atoms with Crippen LogP contribution in [0.1, 0.15) is 28.4 Å². The minimum Gasteiger partial charge on any atom is -0.352 e. The van der Waals surface area contributed by atoms with Gasteiger partial charge in [0.1, 0.15) is 0 Å². The van der Waals surface area contributed by atoms with Gasteiger partial charge in [-0.1, -0.05) is 18.2 Å². The fraction of sp³-hybridized carbons (Fsp3) is 0.350. The molecule has 1 aromatic heterocycles. The summed E-state index contributed by atoms with van der Waals surface area (Å²) in [5.41, 5.74) is 2.87. The lowest BCUT2D eigenvalue weighted by molar-refractivity contribution is -0.119. The quantitative estimate of drug-likeness (QED) is 0.889. The number of nitrogens with one attached hydrogen (secondary N) is 1. The second-order valence-corrected chi connectivity index (χ2v) is 6.54. The van der Waals surface area contributed by atoms with Crippen LogP contribution < -0.4 is 5.32 Å². The summed E-state index contributed by atoms with van der Waals surface area (Å²) in [6, 6.07) is 11.5. The van der Waals surface area contributed by atoms with E-state index in [-0.39, 0.29) is 11.8 Å². The lowest BCUT2D eigenvalue weighted by Crippen LogP contribution is -2.48. The van der Waals surface area contributed by atoms with Crippen LogP contribution in [0.2, 0.25) is 0 Å². The topological polar surface area (TPSA) is 65.5 Å². The van der Waals surface area contributed by atoms with Gasteiger partial charge in [-0.05, 0) is 29.3 Å². The van der Waals surface area contributed by atoms with Gasteiger partial charge in [-0.25, -0.2) is 0 Å². The normalized spacial score (nSPS) is 14.9. The Morgan fingerprint density at radius 2 is 1.77 bits per heavy atom. The van der Waals surface area contributed by atoms with E-state index in [4.69, 9.17) is 0 Å². The molecule has 2 amide bonds. The van der Waals surface area contributed by atoms with Crippen molar-refractivity contribution in [2.24, 2.45) is 0 Å². The fourth-order valence-corrected chi connectivity index (χ4v) is 3.03. The maximum Gasteiger partial charge on any atom is 0.253 e. The van der Waals surface area contributed by atoms with Crippen LogP contribution in [0.4, 0.5) is 0 Å². The van der Waals surface area contributed by atoms with E-state index < -0.39 is 0 Å². The molecule has 0 unspecified atom stereocenters. The molecule has 0 atom stereocenters. The van der Waals surface area contributed by atoms with Gasteiger partial charge in [0.25, 0.3) is 5.91 Å². The minimum atomic E-state index is -0.0608. The number of benzene rings is 1. The molecule has 6 heteroatoms. The zero-order valence-corrected chi connectivity index (χ0v) is 15.0. The molecule has 1 N–H and O–H groups in total. The first-order valence-electron chi connectivity index (χ1n) is 8.86. The van der Waals surface area contributed by atoms with Gasteiger partial charge in [0.05, 0.1) is 0 Å². The van der Waals surface area contributed by atoms with Crippen molar-refractivity contribution >= 4 is 11.8 Å². The van der Waals surface area contributed by atoms with Gasteiger partial charge in [0.15, 0.2) is 0 Å². The first kappa shape index (κ1) is 18.1. The molecule has 3 rings (SSSR count). The molecule has 2 heterocycles. The van der Waals surface area contributed by atoms with Crippen molar-refractivity contribution < 1.29 is 9.59 Å². The Morgan fingerprint density at radius 1 is 1.04 bits per heavy atom. The molecule has 0 spiro atoms. The molecule has 1 fully saturated rings. The number of hydrogen-bond donors (Lipinski definition) is 1. The summed E-state index contributed by atoms with van der Waals surface area (Å²) in [4.78, 5) is 32.0. The Bertz CT molecular complexity index is 738. The lowest BCUT2D eigenvalue weighted by Gasteiger charge is -2.34. The van der Waals surface area contributed by atoms with E-state index in [1.807, 2.05) is 41.4 Å². The second-order valence-electron chi connectivity index (χ2n) is 6.54. The third-order valence-electron chi connectivity index (χ3n) is 4.53. The van der Waals surface area contributed by atoms with Gasteiger partial charge in [0.2, 0.25) is 5.91 Å². The Hall–Kier alpha value is -2.73. The Labute approximate surface area is 153 Å². The number of hydrogen-bond acceptors (Lipinski definition) is 4. The predicted octanol–water partition coefficient (Wildman–Crippen LogP) is 1.68. The predicted molar refractivity (Wildman–Crippen MR) is 99.4 cm³/mol. The number of aromatic nitrogens is 1. The molecule has 0 radical (unpaired) electrons. The first-order chi connectivity index (χ1) is 12.6. The van der Waals surface area contributed by atoms with Crippen LogP contribution in [0.25, 0.3) is 0 Å². The van der Waals surface area contributed by atoms with Gasteiger partial charge in [-0.15, -0.1) is 0 Å². The second kappa shape index (κ2) is 8.58. The molecule has 1 aliphatic rings. The molecular weight excluding hydrogens is 328 g/mol. The van der Waals surface area contributed by atoms with E-state index in [0.717, 1.165) is 38.3 Å². The highest BCUT2D eigenvalue weighted by Gasteiger charge is 2.22. The van der Waals surface area contributed by atoms with Crippen LogP contribution in [0.15, 0.2) is 48.8 Å². The molecule has 6 nitrogen and oxygen atoms in total. The van der Waals surface area contributed by atoms with Crippen molar-refractivity contribution in [3.05, 3.63) is 65.5 Å². The van der Waals surface area contributed by atoms with Crippen LogP contribution in [0, 0.1) is 0 Å². The molecule has 136 valence electrons. The van der Waals surface area contributed by atoms with Crippen molar-refractivity contribution in [1.29, 1.82) is 0 Å². The van der Waals surface area contributed by atoms with E-state index in [9.17, 15) is 9.59 Å². The summed E-state index contributed by atoms with van der Waals surface area (Å²) in [5.74, 6) is 0.00594. The van der Waals surface area contributed by atoms with E-state index in [2.05, 4.69) is 21.3 Å². The van der Waals surface area contributed by atoms with E-state index in [1.54, 1.807) is 6.20 Å². The van der Waals surface area contributed by atoms with Crippen molar-refractivity contribution in [3.8, 4) is 0 Å². The van der Waals surface area contributed by atoms with Crippen LogP contribution >= 0.6 is 0 Å². The van der Waals surface area contributed by atoms with Gasteiger partial charge >= 0.3 is 0 Å². The smallest absolute Gasteiger partial charge is 0.253 e. The van der Waals surface area contributed by atoms with Gasteiger partial charge in [-0.2, -0.15) is 0 Å². The number of nitrogens with zero attached hydrogens (tertiary/aromatic N) is 3.